The number of allylic oxidation sites excluding steroid dienone is 2. The average molecular weight is 425 g/mol. The summed E-state index contributed by atoms with van der Waals surface area (Å²) in [5, 5.41) is 0. The summed E-state index contributed by atoms with van der Waals surface area (Å²) in [6.07, 6.45) is 1.95. The first-order chi connectivity index (χ1) is 15.3. The topological polar surface area (TPSA) is 57.4 Å². The Morgan fingerprint density at radius 1 is 0.781 bits per heavy atom. The Hall–Kier alpha value is -3.14. The first-order valence-corrected chi connectivity index (χ1v) is 11.6. The van der Waals surface area contributed by atoms with E-state index in [0.29, 0.717) is 5.92 Å². The second-order valence-electron chi connectivity index (χ2n) is 9.47. The molecular formula is C28H32N4. The molecule has 4 heteroatoms. The van der Waals surface area contributed by atoms with Crippen LogP contribution < -0.4 is 0 Å². The molecule has 0 spiro atoms. The third kappa shape index (κ3) is 3.21. The molecule has 0 fully saturated rings. The molecule has 2 N–H and O–H groups in total. The van der Waals surface area contributed by atoms with E-state index in [-0.39, 0.29) is 0 Å². The van der Waals surface area contributed by atoms with Gasteiger partial charge in [0.1, 0.15) is 0 Å². The van der Waals surface area contributed by atoms with Gasteiger partial charge in [-0.2, -0.15) is 0 Å². The summed E-state index contributed by atoms with van der Waals surface area (Å²) < 4.78 is 0. The summed E-state index contributed by atoms with van der Waals surface area (Å²) in [6.45, 7) is 15.4. The number of fused-ring (bicyclic) bond motifs is 8. The van der Waals surface area contributed by atoms with Gasteiger partial charge < -0.3 is 9.97 Å². The maximum absolute atomic E-state index is 5.08. The molecule has 0 saturated carbocycles. The van der Waals surface area contributed by atoms with E-state index in [1.807, 2.05) is 0 Å². The number of aryl methyl sites for hydroxylation is 4. The fourth-order valence-corrected chi connectivity index (χ4v) is 4.99. The first-order valence-electron chi connectivity index (χ1n) is 11.6. The van der Waals surface area contributed by atoms with Crippen molar-refractivity contribution in [2.75, 3.05) is 0 Å². The van der Waals surface area contributed by atoms with Gasteiger partial charge in [-0.1, -0.05) is 13.8 Å². The molecule has 0 saturated heterocycles. The van der Waals surface area contributed by atoms with Gasteiger partial charge in [-0.3, -0.25) is 4.98 Å². The van der Waals surface area contributed by atoms with E-state index < -0.39 is 0 Å². The molecule has 0 radical (unpaired) electrons. The normalized spacial score (nSPS) is 16.2. The highest BCUT2D eigenvalue weighted by Crippen LogP contribution is 2.32. The summed E-state index contributed by atoms with van der Waals surface area (Å²) in [4.78, 5) is 17.4. The number of nitrogens with one attached hydrogen (secondary N) is 2. The molecule has 0 aromatic carbocycles. The molecule has 164 valence electrons. The van der Waals surface area contributed by atoms with Gasteiger partial charge in [0.15, 0.2) is 0 Å². The van der Waals surface area contributed by atoms with Gasteiger partial charge in [0.25, 0.3) is 0 Å². The molecule has 2 aliphatic rings. The van der Waals surface area contributed by atoms with Crippen LogP contribution in [0.1, 0.15) is 78.6 Å². The zero-order chi connectivity index (χ0) is 22.7. The minimum Gasteiger partial charge on any atom is -0.355 e. The molecule has 8 bridgehead atoms. The maximum atomic E-state index is 5.08. The van der Waals surface area contributed by atoms with Crippen molar-refractivity contribution in [1.29, 1.82) is 0 Å². The Labute approximate surface area is 189 Å². The third-order valence-electron chi connectivity index (χ3n) is 7.39. The second-order valence-corrected chi connectivity index (χ2v) is 9.47. The van der Waals surface area contributed by atoms with Crippen LogP contribution in [-0.4, -0.2) is 19.9 Å². The molecular weight excluding hydrogens is 392 g/mol. The number of hydrogen-bond donors (Lipinski definition) is 2. The lowest BCUT2D eigenvalue weighted by Crippen LogP contribution is -1.90. The Bertz CT molecular complexity index is 1450. The molecule has 2 aliphatic heterocycles. The highest BCUT2D eigenvalue weighted by Gasteiger charge is 2.19. The standard InChI is InChI=1S/C28H32N4/c1-8-20-18(6)27-12-22-15(3)10-24(30-22)19(7)23-9-14(2)21(29-23)11-25-16(4)17(5)26(31-25)13-28(20)32-27/h9,11-13,15,29,32H,8,10H2,1-7H3. The quantitative estimate of drug-likeness (QED) is 0.438. The molecule has 3 aromatic heterocycles. The molecule has 1 atom stereocenters. The van der Waals surface area contributed by atoms with E-state index in [2.05, 4.69) is 82.7 Å². The van der Waals surface area contributed by atoms with Crippen LogP contribution in [0.4, 0.5) is 0 Å². The number of H-pyrrole nitrogens is 2. The van der Waals surface area contributed by atoms with Crippen LogP contribution in [0.3, 0.4) is 0 Å². The smallest absolute Gasteiger partial charge is 0.0690 e. The third-order valence-corrected chi connectivity index (χ3v) is 7.39. The molecule has 1 unspecified atom stereocenters. The average Bonchev–Trinajstić information content (AvgIpc) is 3.46. The number of aromatic nitrogens is 4. The Morgan fingerprint density at radius 2 is 1.41 bits per heavy atom. The molecule has 0 aliphatic carbocycles. The van der Waals surface area contributed by atoms with Crippen molar-refractivity contribution < 1.29 is 0 Å². The molecule has 3 aromatic rings. The summed E-state index contributed by atoms with van der Waals surface area (Å²) in [5.41, 5.74) is 16.6. The van der Waals surface area contributed by atoms with E-state index in [1.165, 1.54) is 39.1 Å². The fraction of sp³-hybridized carbons (Fsp3) is 0.357. The summed E-state index contributed by atoms with van der Waals surface area (Å²) in [6, 6.07) is 8.90. The zero-order valence-corrected chi connectivity index (χ0v) is 20.2. The van der Waals surface area contributed by atoms with Crippen LogP contribution in [0.5, 0.6) is 0 Å². The molecule has 5 rings (SSSR count). The van der Waals surface area contributed by atoms with E-state index >= 15 is 0 Å². The largest absolute Gasteiger partial charge is 0.355 e. The van der Waals surface area contributed by atoms with E-state index in [9.17, 15) is 0 Å². The Kier molecular flexibility index (Phi) is 4.85. The van der Waals surface area contributed by atoms with Crippen molar-refractivity contribution >= 4 is 33.2 Å². The van der Waals surface area contributed by atoms with Gasteiger partial charge in [-0.05, 0) is 105 Å². The lowest BCUT2D eigenvalue weighted by molar-refractivity contribution is 0.794. The van der Waals surface area contributed by atoms with Crippen molar-refractivity contribution in [2.45, 2.75) is 67.2 Å². The minimum absolute atomic E-state index is 0.404. The van der Waals surface area contributed by atoms with Crippen molar-refractivity contribution in [2.24, 2.45) is 0 Å². The van der Waals surface area contributed by atoms with Crippen LogP contribution in [0.25, 0.3) is 33.2 Å². The number of rotatable bonds is 1. The van der Waals surface area contributed by atoms with Crippen LogP contribution in [0.2, 0.25) is 0 Å². The molecule has 4 nitrogen and oxygen atoms in total. The minimum atomic E-state index is 0.404. The second kappa shape index (κ2) is 7.47. The maximum Gasteiger partial charge on any atom is 0.0690 e. The highest BCUT2D eigenvalue weighted by atomic mass is 14.8. The summed E-state index contributed by atoms with van der Waals surface area (Å²) in [5.74, 6) is 0.404. The Morgan fingerprint density at radius 3 is 2.09 bits per heavy atom. The van der Waals surface area contributed by atoms with Crippen LogP contribution in [-0.2, 0) is 12.8 Å². The van der Waals surface area contributed by atoms with Gasteiger partial charge in [0, 0.05) is 39.4 Å². The van der Waals surface area contributed by atoms with Crippen molar-refractivity contribution in [3.8, 4) is 0 Å². The lowest BCUT2D eigenvalue weighted by Gasteiger charge is -1.99. The Balaban J connectivity index is 1.97. The van der Waals surface area contributed by atoms with Crippen molar-refractivity contribution in [1.82, 2.24) is 19.9 Å². The van der Waals surface area contributed by atoms with Gasteiger partial charge in [0.2, 0.25) is 0 Å². The van der Waals surface area contributed by atoms with Gasteiger partial charge in [-0.25, -0.2) is 4.98 Å². The van der Waals surface area contributed by atoms with Crippen LogP contribution >= 0.6 is 0 Å². The molecule has 5 heterocycles. The van der Waals surface area contributed by atoms with Gasteiger partial charge in [0.05, 0.1) is 11.4 Å². The van der Waals surface area contributed by atoms with Crippen LogP contribution in [0, 0.1) is 20.8 Å². The van der Waals surface area contributed by atoms with Crippen molar-refractivity contribution in [3.05, 3.63) is 69.3 Å². The zero-order valence-electron chi connectivity index (χ0n) is 20.2. The van der Waals surface area contributed by atoms with Gasteiger partial charge >= 0.3 is 0 Å². The van der Waals surface area contributed by atoms with Crippen molar-refractivity contribution in [3.63, 3.8) is 0 Å². The van der Waals surface area contributed by atoms with E-state index in [0.717, 1.165) is 52.0 Å². The predicted molar refractivity (Wildman–Crippen MR) is 135 cm³/mol. The van der Waals surface area contributed by atoms with Crippen LogP contribution in [0.15, 0.2) is 24.3 Å². The molecule has 0 amide bonds. The highest BCUT2D eigenvalue weighted by molar-refractivity contribution is 5.92. The lowest BCUT2D eigenvalue weighted by atomic mass is 10.0. The van der Waals surface area contributed by atoms with E-state index in [1.54, 1.807) is 0 Å². The summed E-state index contributed by atoms with van der Waals surface area (Å²) >= 11 is 0. The number of hydrogen-bond acceptors (Lipinski definition) is 2. The van der Waals surface area contributed by atoms with E-state index in [4.69, 9.17) is 9.97 Å². The monoisotopic (exact) mass is 424 g/mol. The molecule has 32 heavy (non-hydrogen) atoms. The van der Waals surface area contributed by atoms with Gasteiger partial charge in [-0.15, -0.1) is 0 Å². The SMILES string of the molecule is CCc1c(C)c2cc3nc(c(C)c4cc(C)c(cc5nc(cc1[nH]2)C(C)=C5C)[nH]4)CC3C. The number of aromatic amines is 2. The first kappa shape index (κ1) is 20.7. The summed E-state index contributed by atoms with van der Waals surface area (Å²) in [7, 11) is 0. The fourth-order valence-electron chi connectivity index (χ4n) is 4.99. The number of nitrogens with zero attached hydrogens (tertiary/aromatic N) is 2. The predicted octanol–water partition coefficient (Wildman–Crippen LogP) is 7.10.